The van der Waals surface area contributed by atoms with Gasteiger partial charge in [0.2, 0.25) is 11.9 Å². The molecule has 1 aromatic carbocycles. The summed E-state index contributed by atoms with van der Waals surface area (Å²) in [6, 6.07) is 9.90. The van der Waals surface area contributed by atoms with Crippen LogP contribution in [0.25, 0.3) is 22.2 Å². The minimum absolute atomic E-state index is 0.0400. The van der Waals surface area contributed by atoms with E-state index in [1.807, 2.05) is 51.4 Å². The first-order valence-corrected chi connectivity index (χ1v) is 13.1. The third-order valence-corrected chi connectivity index (χ3v) is 6.98. The number of hydrogen-bond acceptors (Lipinski definition) is 9. The normalized spacial score (nSPS) is 15.4. The number of ether oxygens (including phenoxy) is 1. The molecule has 0 saturated carbocycles. The van der Waals surface area contributed by atoms with Crippen LogP contribution in [0.1, 0.15) is 17.7 Å². The van der Waals surface area contributed by atoms with E-state index in [4.69, 9.17) is 9.72 Å². The molecule has 1 aliphatic heterocycles. The molecule has 0 radical (unpaired) electrons. The Morgan fingerprint density at radius 1 is 1.18 bits per heavy atom. The average molecular weight is 539 g/mol. The summed E-state index contributed by atoms with van der Waals surface area (Å²) in [5.41, 5.74) is 5.24. The number of nitrogens with one attached hydrogen (secondary N) is 3. The molecule has 1 aliphatic rings. The summed E-state index contributed by atoms with van der Waals surface area (Å²) in [5.74, 6) is 1.06. The molecule has 1 atom stereocenters. The zero-order valence-electron chi connectivity index (χ0n) is 22.5. The standard InChI is InChI=1S/C28H30N10O2/c1-17-13-32-27(34-23-12-18(2)37(3)36-23)35-25(17)21-14-31-26-20(21)6-4-7-22(26)33-24(39)16-38-11-8-19(15-38)40-28-29-9-5-10-30-28/h4-7,9-10,12-14,19,31H,8,11,15-16H2,1-3H3,(H,33,39)(H,32,34,35,36). The van der Waals surface area contributed by atoms with Crippen molar-refractivity contribution < 1.29 is 9.53 Å². The summed E-state index contributed by atoms with van der Waals surface area (Å²) in [5, 5.41) is 11.7. The van der Waals surface area contributed by atoms with Crippen LogP contribution in [0.3, 0.4) is 0 Å². The van der Waals surface area contributed by atoms with E-state index in [1.54, 1.807) is 29.3 Å². The van der Waals surface area contributed by atoms with Gasteiger partial charge in [0.05, 0.1) is 23.4 Å². The van der Waals surface area contributed by atoms with E-state index in [1.165, 1.54) is 0 Å². The third-order valence-electron chi connectivity index (χ3n) is 6.98. The number of nitrogens with zero attached hydrogens (tertiary/aromatic N) is 7. The van der Waals surface area contributed by atoms with Crippen molar-refractivity contribution in [3.8, 4) is 17.3 Å². The summed E-state index contributed by atoms with van der Waals surface area (Å²) in [7, 11) is 1.89. The number of aromatic amines is 1. The number of aryl methyl sites for hydroxylation is 3. The number of aromatic nitrogens is 7. The van der Waals surface area contributed by atoms with Crippen molar-refractivity contribution in [1.82, 2.24) is 39.6 Å². The lowest BCUT2D eigenvalue weighted by Crippen LogP contribution is -2.33. The van der Waals surface area contributed by atoms with Crippen LogP contribution < -0.4 is 15.4 Å². The van der Waals surface area contributed by atoms with Crippen molar-refractivity contribution in [1.29, 1.82) is 0 Å². The highest BCUT2D eigenvalue weighted by molar-refractivity contribution is 6.06. The fourth-order valence-electron chi connectivity index (χ4n) is 4.89. The van der Waals surface area contributed by atoms with E-state index in [9.17, 15) is 4.79 Å². The molecule has 6 rings (SSSR count). The largest absolute Gasteiger partial charge is 0.459 e. The number of likely N-dealkylation sites (tertiary alicyclic amines) is 1. The molecular formula is C28H30N10O2. The Hall–Kier alpha value is -4.84. The van der Waals surface area contributed by atoms with Crippen molar-refractivity contribution in [2.75, 3.05) is 30.3 Å². The number of rotatable bonds is 8. The van der Waals surface area contributed by atoms with Gasteiger partial charge in [-0.05, 0) is 38.0 Å². The van der Waals surface area contributed by atoms with Gasteiger partial charge in [-0.3, -0.25) is 14.4 Å². The van der Waals surface area contributed by atoms with Crippen molar-refractivity contribution >= 4 is 34.3 Å². The lowest BCUT2D eigenvalue weighted by atomic mass is 10.1. The number of amides is 1. The molecule has 5 heterocycles. The van der Waals surface area contributed by atoms with Gasteiger partial charge in [-0.15, -0.1) is 0 Å². The van der Waals surface area contributed by atoms with E-state index in [0.717, 1.165) is 46.4 Å². The molecule has 204 valence electrons. The van der Waals surface area contributed by atoms with E-state index in [-0.39, 0.29) is 18.6 Å². The minimum atomic E-state index is -0.0874. The second-order valence-electron chi connectivity index (χ2n) is 9.92. The number of para-hydroxylation sites is 1. The van der Waals surface area contributed by atoms with Crippen LogP contribution in [0.4, 0.5) is 17.5 Å². The maximum absolute atomic E-state index is 13.0. The molecular weight excluding hydrogens is 508 g/mol. The summed E-state index contributed by atoms with van der Waals surface area (Å²) < 4.78 is 7.64. The van der Waals surface area contributed by atoms with Crippen LogP contribution in [0.15, 0.2) is 55.1 Å². The Morgan fingerprint density at radius 3 is 2.83 bits per heavy atom. The van der Waals surface area contributed by atoms with Gasteiger partial charge in [0.25, 0.3) is 0 Å². The van der Waals surface area contributed by atoms with Gasteiger partial charge in [0.1, 0.15) is 6.10 Å². The number of carbonyl (C=O) groups is 1. The fourth-order valence-corrected chi connectivity index (χ4v) is 4.89. The van der Waals surface area contributed by atoms with Crippen LogP contribution in [-0.4, -0.2) is 71.2 Å². The molecule has 12 heteroatoms. The van der Waals surface area contributed by atoms with Gasteiger partial charge in [0.15, 0.2) is 5.82 Å². The second kappa shape index (κ2) is 10.7. The fraction of sp³-hybridized carbons (Fsp3) is 0.286. The van der Waals surface area contributed by atoms with Gasteiger partial charge >= 0.3 is 6.01 Å². The Morgan fingerprint density at radius 2 is 2.02 bits per heavy atom. The van der Waals surface area contributed by atoms with Crippen LogP contribution in [-0.2, 0) is 11.8 Å². The Labute approximate surface area is 230 Å². The molecule has 1 saturated heterocycles. The highest BCUT2D eigenvalue weighted by Gasteiger charge is 2.26. The molecule has 0 aliphatic carbocycles. The first-order chi connectivity index (χ1) is 19.4. The monoisotopic (exact) mass is 538 g/mol. The molecule has 1 amide bonds. The van der Waals surface area contributed by atoms with E-state index < -0.39 is 0 Å². The van der Waals surface area contributed by atoms with Crippen molar-refractivity contribution in [3.63, 3.8) is 0 Å². The van der Waals surface area contributed by atoms with Gasteiger partial charge < -0.3 is 20.4 Å². The number of hydrogen-bond donors (Lipinski definition) is 3. The maximum atomic E-state index is 13.0. The SMILES string of the molecule is Cc1cnc(Nc2cc(C)n(C)n2)nc1-c1c[nH]c2c(NC(=O)CN3CCC(Oc4ncccn4)C3)cccc12. The predicted molar refractivity (Wildman–Crippen MR) is 151 cm³/mol. The van der Waals surface area contributed by atoms with Gasteiger partial charge in [-0.2, -0.15) is 5.10 Å². The third kappa shape index (κ3) is 5.34. The molecule has 0 spiro atoms. The predicted octanol–water partition coefficient (Wildman–Crippen LogP) is 3.60. The number of H-pyrrole nitrogens is 1. The first kappa shape index (κ1) is 25.4. The van der Waals surface area contributed by atoms with Crippen molar-refractivity contribution in [2.45, 2.75) is 26.4 Å². The molecule has 40 heavy (non-hydrogen) atoms. The second-order valence-corrected chi connectivity index (χ2v) is 9.92. The first-order valence-electron chi connectivity index (χ1n) is 13.1. The molecule has 4 aromatic heterocycles. The number of carbonyl (C=O) groups excluding carboxylic acids is 1. The van der Waals surface area contributed by atoms with E-state index >= 15 is 0 Å². The van der Waals surface area contributed by atoms with Crippen molar-refractivity contribution in [3.05, 3.63) is 66.4 Å². The summed E-state index contributed by atoms with van der Waals surface area (Å²) in [6.45, 7) is 5.64. The summed E-state index contributed by atoms with van der Waals surface area (Å²) >= 11 is 0. The quantitative estimate of drug-likeness (QED) is 0.270. The van der Waals surface area contributed by atoms with Gasteiger partial charge in [-0.1, -0.05) is 12.1 Å². The number of fused-ring (bicyclic) bond motifs is 1. The molecule has 0 bridgehead atoms. The van der Waals surface area contributed by atoms with E-state index in [0.29, 0.717) is 30.0 Å². The lowest BCUT2D eigenvalue weighted by Gasteiger charge is -2.16. The van der Waals surface area contributed by atoms with Crippen LogP contribution in [0.5, 0.6) is 6.01 Å². The molecule has 3 N–H and O–H groups in total. The Balaban J connectivity index is 1.15. The highest BCUT2D eigenvalue weighted by Crippen LogP contribution is 2.33. The lowest BCUT2D eigenvalue weighted by molar-refractivity contribution is -0.117. The van der Waals surface area contributed by atoms with E-state index in [2.05, 4.69) is 40.6 Å². The highest BCUT2D eigenvalue weighted by atomic mass is 16.5. The summed E-state index contributed by atoms with van der Waals surface area (Å²) in [4.78, 5) is 35.9. The van der Waals surface area contributed by atoms with Crippen molar-refractivity contribution in [2.24, 2.45) is 7.05 Å². The number of benzene rings is 1. The smallest absolute Gasteiger partial charge is 0.316 e. The van der Waals surface area contributed by atoms with Gasteiger partial charge in [-0.25, -0.2) is 19.9 Å². The zero-order valence-corrected chi connectivity index (χ0v) is 22.5. The van der Waals surface area contributed by atoms with Crippen LogP contribution >= 0.6 is 0 Å². The average Bonchev–Trinajstić information content (AvgIpc) is 3.65. The molecule has 12 nitrogen and oxygen atoms in total. The van der Waals surface area contributed by atoms with Crippen LogP contribution in [0.2, 0.25) is 0 Å². The number of anilines is 3. The van der Waals surface area contributed by atoms with Gasteiger partial charge in [0, 0.05) is 67.6 Å². The zero-order chi connectivity index (χ0) is 27.6. The topological polar surface area (TPSA) is 139 Å². The summed E-state index contributed by atoms with van der Waals surface area (Å²) in [6.07, 6.45) is 7.79. The molecule has 1 fully saturated rings. The minimum Gasteiger partial charge on any atom is -0.459 e. The maximum Gasteiger partial charge on any atom is 0.316 e. The molecule has 1 unspecified atom stereocenters. The Kier molecular flexibility index (Phi) is 6.83. The Bertz CT molecular complexity index is 1640. The van der Waals surface area contributed by atoms with Crippen LogP contribution in [0, 0.1) is 13.8 Å². The molecule has 5 aromatic rings.